The van der Waals surface area contributed by atoms with Gasteiger partial charge in [0.2, 0.25) is 29.5 Å². The molecule has 0 aromatic heterocycles. The van der Waals surface area contributed by atoms with Gasteiger partial charge in [0.25, 0.3) is 0 Å². The predicted molar refractivity (Wildman–Crippen MR) is 180 cm³/mol. The van der Waals surface area contributed by atoms with Crippen molar-refractivity contribution in [2.24, 2.45) is 22.9 Å². The lowest BCUT2D eigenvalue weighted by Crippen LogP contribution is -2.57. The Hall–Kier alpha value is -5.09. The number of nitrogens with two attached hydrogens (primary N) is 4. The van der Waals surface area contributed by atoms with E-state index in [9.17, 15) is 48.6 Å². The van der Waals surface area contributed by atoms with Crippen LogP contribution in [0.3, 0.4) is 0 Å². The van der Waals surface area contributed by atoms with E-state index in [0.717, 1.165) is 0 Å². The van der Waals surface area contributed by atoms with Crippen molar-refractivity contribution in [3.63, 3.8) is 0 Å². The topological polar surface area (TPSA) is 397 Å². The molecule has 0 heterocycles. The van der Waals surface area contributed by atoms with Gasteiger partial charge < -0.3 is 70.2 Å². The molecule has 0 unspecified atom stereocenters. The molecule has 0 saturated heterocycles. The van der Waals surface area contributed by atoms with Crippen LogP contribution in [0.5, 0.6) is 0 Å². The van der Waals surface area contributed by atoms with Crippen molar-refractivity contribution in [2.45, 2.75) is 101 Å². The smallest absolute Gasteiger partial charge is 0.326 e. The minimum Gasteiger partial charge on any atom is -0.481 e. The van der Waals surface area contributed by atoms with Crippen LogP contribution in [0, 0.1) is 5.41 Å². The maximum Gasteiger partial charge on any atom is 0.326 e. The van der Waals surface area contributed by atoms with Crippen LogP contribution in [-0.4, -0.2) is 125 Å². The highest BCUT2D eigenvalue weighted by Gasteiger charge is 2.31. The summed E-state index contributed by atoms with van der Waals surface area (Å²) in [6.45, 7) is 0.107. The number of hydrogen-bond donors (Lipinski definition) is 14. The molecule has 22 heteroatoms. The first-order valence-electron chi connectivity index (χ1n) is 16.4. The number of carboxylic acid groups (broad SMARTS) is 3. The monoisotopic (exact) mass is 731 g/mol. The van der Waals surface area contributed by atoms with Crippen molar-refractivity contribution in [3.05, 3.63) is 0 Å². The molecular formula is C29H53N11O11. The molecule has 0 aliphatic heterocycles. The molecule has 0 bridgehead atoms. The largest absolute Gasteiger partial charge is 0.481 e. The van der Waals surface area contributed by atoms with E-state index in [1.54, 1.807) is 0 Å². The zero-order valence-corrected chi connectivity index (χ0v) is 28.4. The van der Waals surface area contributed by atoms with E-state index in [1.165, 1.54) is 0 Å². The van der Waals surface area contributed by atoms with Crippen LogP contribution in [0.4, 0.5) is 0 Å². The molecule has 0 saturated carbocycles. The summed E-state index contributed by atoms with van der Waals surface area (Å²) in [6, 6.07) is -6.95. The van der Waals surface area contributed by atoms with E-state index in [2.05, 4.69) is 31.9 Å². The predicted octanol–water partition coefficient (Wildman–Crippen LogP) is -4.69. The second-order valence-electron chi connectivity index (χ2n) is 11.5. The number of guanidine groups is 1. The molecule has 5 amide bonds. The maximum atomic E-state index is 13.1. The number of hydrogen-bond acceptors (Lipinski definition) is 12. The molecule has 18 N–H and O–H groups in total. The van der Waals surface area contributed by atoms with Crippen molar-refractivity contribution < 1.29 is 53.7 Å². The number of carbonyl (C=O) groups is 8. The molecule has 0 aliphatic rings. The summed E-state index contributed by atoms with van der Waals surface area (Å²) in [7, 11) is 0. The zero-order chi connectivity index (χ0) is 38.9. The highest BCUT2D eigenvalue weighted by atomic mass is 16.4. The summed E-state index contributed by atoms with van der Waals surface area (Å²) >= 11 is 0. The molecule has 0 radical (unpaired) electrons. The number of amides is 5. The molecule has 51 heavy (non-hydrogen) atoms. The van der Waals surface area contributed by atoms with Crippen molar-refractivity contribution >= 4 is 53.4 Å². The van der Waals surface area contributed by atoms with Gasteiger partial charge in [0.1, 0.15) is 24.2 Å². The Bertz CT molecular complexity index is 1200. The van der Waals surface area contributed by atoms with Crippen LogP contribution >= 0.6 is 0 Å². The Morgan fingerprint density at radius 2 is 1.12 bits per heavy atom. The van der Waals surface area contributed by atoms with Gasteiger partial charge in [-0.1, -0.05) is 6.42 Å². The Balaban J connectivity index is 5.64. The molecule has 0 aromatic rings. The third-order valence-electron chi connectivity index (χ3n) is 7.22. The second kappa shape index (κ2) is 25.8. The fourth-order valence-corrected chi connectivity index (χ4v) is 4.47. The molecule has 0 fully saturated rings. The first-order chi connectivity index (χ1) is 24.0. The van der Waals surface area contributed by atoms with Crippen LogP contribution in [0.1, 0.15) is 70.6 Å². The number of carboxylic acids is 3. The quantitative estimate of drug-likeness (QED) is 0.0204. The molecule has 0 aliphatic carbocycles. The van der Waals surface area contributed by atoms with Crippen LogP contribution < -0.4 is 54.8 Å². The third-order valence-corrected chi connectivity index (χ3v) is 7.22. The SMILES string of the molecule is N=C(N)NCCC[C@H](NC(=O)[C@H](CCC(=O)O)NC(=O)[C@H](CC(=O)O)NC(=O)CNC(=O)[C@H](CCCCN)NC(=O)[C@@H](N)CCCCN)C(=O)O. The molecule has 0 aromatic carbocycles. The van der Waals surface area contributed by atoms with Crippen LogP contribution in [0.25, 0.3) is 0 Å². The summed E-state index contributed by atoms with van der Waals surface area (Å²) in [4.78, 5) is 98.8. The molecule has 290 valence electrons. The lowest BCUT2D eigenvalue weighted by molar-refractivity contribution is -0.143. The van der Waals surface area contributed by atoms with Crippen molar-refractivity contribution in [2.75, 3.05) is 26.2 Å². The van der Waals surface area contributed by atoms with E-state index in [1.807, 2.05) is 0 Å². The van der Waals surface area contributed by atoms with Crippen molar-refractivity contribution in [1.29, 1.82) is 5.41 Å². The standard InChI is InChI=1S/C29H53N11O11/c30-11-3-1-6-16(32)24(46)38-17(7-2-4-12-31)25(47)36-15-21(41)37-20(14-23(44)45)27(49)39-18(9-10-22(42)43)26(48)40-19(28(50)51)8-5-13-35-29(33)34/h16-20H,1-15,30-32H2,(H,36,47)(H,37,41)(H,38,46)(H,39,49)(H,40,48)(H,42,43)(H,44,45)(H,50,51)(H4,33,34,35)/t16-,17-,18-,19-,20-/m0/s1. The van der Waals surface area contributed by atoms with Gasteiger partial charge in [-0.2, -0.15) is 0 Å². The number of aliphatic carboxylic acids is 3. The van der Waals surface area contributed by atoms with Gasteiger partial charge in [-0.3, -0.25) is 39.0 Å². The van der Waals surface area contributed by atoms with Gasteiger partial charge in [-0.05, 0) is 64.5 Å². The summed E-state index contributed by atoms with van der Waals surface area (Å²) < 4.78 is 0. The number of unbranched alkanes of at least 4 members (excludes halogenated alkanes) is 2. The average Bonchev–Trinajstić information content (AvgIpc) is 3.05. The van der Waals surface area contributed by atoms with E-state index >= 15 is 0 Å². The summed E-state index contributed by atoms with van der Waals surface area (Å²) in [5.41, 5.74) is 22.1. The average molecular weight is 732 g/mol. The summed E-state index contributed by atoms with van der Waals surface area (Å²) in [5.74, 6) is -9.38. The Morgan fingerprint density at radius 1 is 0.588 bits per heavy atom. The molecule has 0 spiro atoms. The molecule has 5 atom stereocenters. The normalized spacial score (nSPS) is 13.6. The van der Waals surface area contributed by atoms with Gasteiger partial charge in [-0.15, -0.1) is 0 Å². The lowest BCUT2D eigenvalue weighted by Gasteiger charge is -2.24. The fraction of sp³-hybridized carbons (Fsp3) is 0.690. The molecule has 0 rings (SSSR count). The van der Waals surface area contributed by atoms with Crippen molar-refractivity contribution in [3.8, 4) is 0 Å². The number of nitrogens with one attached hydrogen (secondary N) is 7. The van der Waals surface area contributed by atoms with Crippen molar-refractivity contribution in [1.82, 2.24) is 31.9 Å². The summed E-state index contributed by atoms with van der Waals surface area (Å²) in [5, 5.41) is 49.0. The highest BCUT2D eigenvalue weighted by molar-refractivity contribution is 5.96. The van der Waals surface area contributed by atoms with Gasteiger partial charge in [0.05, 0.1) is 19.0 Å². The van der Waals surface area contributed by atoms with Gasteiger partial charge in [0, 0.05) is 13.0 Å². The third kappa shape index (κ3) is 21.6. The molecule has 22 nitrogen and oxygen atoms in total. The van der Waals surface area contributed by atoms with Crippen LogP contribution in [0.2, 0.25) is 0 Å². The maximum absolute atomic E-state index is 13.1. The van der Waals surface area contributed by atoms with Crippen LogP contribution in [0.15, 0.2) is 0 Å². The zero-order valence-electron chi connectivity index (χ0n) is 28.4. The lowest BCUT2D eigenvalue weighted by atomic mass is 10.1. The van der Waals surface area contributed by atoms with Gasteiger partial charge in [-0.25, -0.2) is 4.79 Å². The van der Waals surface area contributed by atoms with Gasteiger partial charge in [0.15, 0.2) is 5.96 Å². The van der Waals surface area contributed by atoms with E-state index in [4.69, 9.17) is 33.5 Å². The van der Waals surface area contributed by atoms with E-state index in [-0.39, 0.29) is 31.8 Å². The number of carbonyl (C=O) groups excluding carboxylic acids is 5. The summed E-state index contributed by atoms with van der Waals surface area (Å²) in [6.07, 6.45) is 0.573. The Kier molecular flexibility index (Phi) is 23.2. The Morgan fingerprint density at radius 3 is 1.67 bits per heavy atom. The second-order valence-corrected chi connectivity index (χ2v) is 11.5. The molecular weight excluding hydrogens is 678 g/mol. The van der Waals surface area contributed by atoms with E-state index in [0.29, 0.717) is 45.2 Å². The minimum absolute atomic E-state index is 0.110. The van der Waals surface area contributed by atoms with E-state index < -0.39 is 103 Å². The fourth-order valence-electron chi connectivity index (χ4n) is 4.47. The van der Waals surface area contributed by atoms with Crippen LogP contribution in [-0.2, 0) is 38.4 Å². The number of rotatable bonds is 28. The minimum atomic E-state index is -1.81. The highest BCUT2D eigenvalue weighted by Crippen LogP contribution is 2.06. The first kappa shape index (κ1) is 45.9. The van der Waals surface area contributed by atoms with Gasteiger partial charge >= 0.3 is 17.9 Å². The first-order valence-corrected chi connectivity index (χ1v) is 16.4. The Labute approximate surface area is 294 Å².